The van der Waals surface area contributed by atoms with Crippen LogP contribution in [0, 0.1) is 0 Å². The van der Waals surface area contributed by atoms with Crippen molar-refractivity contribution in [1.29, 1.82) is 0 Å². The lowest BCUT2D eigenvalue weighted by Crippen LogP contribution is -2.10. The molecule has 0 saturated heterocycles. The molecule has 14 heavy (non-hydrogen) atoms. The molecule has 0 bridgehead atoms. The van der Waals surface area contributed by atoms with Gasteiger partial charge in [0.25, 0.3) is 0 Å². The second-order valence-corrected chi connectivity index (χ2v) is 2.76. The van der Waals surface area contributed by atoms with Crippen LogP contribution in [0.1, 0.15) is 5.56 Å². The van der Waals surface area contributed by atoms with Gasteiger partial charge in [0.1, 0.15) is 5.75 Å². The molecule has 1 aromatic carbocycles. The van der Waals surface area contributed by atoms with E-state index in [0.717, 1.165) is 11.6 Å². The summed E-state index contributed by atoms with van der Waals surface area (Å²) in [5.74, 6) is 0.139. The third kappa shape index (κ3) is 2.71. The van der Waals surface area contributed by atoms with Gasteiger partial charge in [-0.2, -0.15) is 0 Å². The molecule has 1 rings (SSSR count). The summed E-state index contributed by atoms with van der Waals surface area (Å²) in [4.78, 5) is 11.0. The molecule has 0 aliphatic rings. The van der Waals surface area contributed by atoms with E-state index in [-0.39, 0.29) is 0 Å². The SMILES string of the molecule is C=CC(=O)Oc1ccccc1CNC. The van der Waals surface area contributed by atoms with E-state index in [4.69, 9.17) is 4.74 Å². The summed E-state index contributed by atoms with van der Waals surface area (Å²) >= 11 is 0. The Bertz CT molecular complexity index is 334. The van der Waals surface area contributed by atoms with Crippen molar-refractivity contribution in [2.24, 2.45) is 0 Å². The fraction of sp³-hybridized carbons (Fsp3) is 0.182. The first kappa shape index (κ1) is 10.5. The molecule has 0 amide bonds. The minimum Gasteiger partial charge on any atom is -0.423 e. The van der Waals surface area contributed by atoms with Crippen molar-refractivity contribution in [3.8, 4) is 5.75 Å². The number of carbonyl (C=O) groups is 1. The zero-order valence-corrected chi connectivity index (χ0v) is 8.12. The summed E-state index contributed by atoms with van der Waals surface area (Å²) in [6.45, 7) is 4.01. The zero-order valence-electron chi connectivity index (χ0n) is 8.12. The van der Waals surface area contributed by atoms with E-state index < -0.39 is 5.97 Å². The molecule has 0 atom stereocenters. The average Bonchev–Trinajstić information content (AvgIpc) is 2.21. The molecular formula is C11H13NO2. The van der Waals surface area contributed by atoms with Gasteiger partial charge < -0.3 is 10.1 Å². The molecule has 0 unspecified atom stereocenters. The second-order valence-electron chi connectivity index (χ2n) is 2.76. The summed E-state index contributed by atoms with van der Waals surface area (Å²) in [5, 5.41) is 3.00. The second kappa shape index (κ2) is 5.19. The predicted molar refractivity (Wildman–Crippen MR) is 55.0 cm³/mol. The van der Waals surface area contributed by atoms with E-state index in [0.29, 0.717) is 12.3 Å². The highest BCUT2D eigenvalue weighted by atomic mass is 16.5. The third-order valence-electron chi connectivity index (χ3n) is 1.72. The van der Waals surface area contributed by atoms with E-state index in [1.165, 1.54) is 0 Å². The van der Waals surface area contributed by atoms with Crippen LogP contribution >= 0.6 is 0 Å². The van der Waals surface area contributed by atoms with Crippen LogP contribution in [0.4, 0.5) is 0 Å². The van der Waals surface area contributed by atoms with Crippen molar-refractivity contribution in [3.05, 3.63) is 42.5 Å². The lowest BCUT2D eigenvalue weighted by molar-refractivity contribution is -0.129. The summed E-state index contributed by atoms with van der Waals surface area (Å²) in [7, 11) is 1.84. The minimum absolute atomic E-state index is 0.437. The van der Waals surface area contributed by atoms with Gasteiger partial charge in [-0.1, -0.05) is 24.8 Å². The first-order valence-electron chi connectivity index (χ1n) is 4.34. The van der Waals surface area contributed by atoms with E-state index >= 15 is 0 Å². The predicted octanol–water partition coefficient (Wildman–Crippen LogP) is 1.50. The Morgan fingerprint density at radius 3 is 2.93 bits per heavy atom. The molecule has 0 radical (unpaired) electrons. The van der Waals surface area contributed by atoms with E-state index in [1.807, 2.05) is 25.2 Å². The normalized spacial score (nSPS) is 9.50. The van der Waals surface area contributed by atoms with Crippen LogP contribution in [-0.2, 0) is 11.3 Å². The highest BCUT2D eigenvalue weighted by Gasteiger charge is 2.04. The number of hydrogen-bond acceptors (Lipinski definition) is 3. The van der Waals surface area contributed by atoms with E-state index in [9.17, 15) is 4.79 Å². The van der Waals surface area contributed by atoms with Gasteiger partial charge in [0.15, 0.2) is 0 Å². The molecule has 0 heterocycles. The smallest absolute Gasteiger partial charge is 0.335 e. The maximum Gasteiger partial charge on any atom is 0.335 e. The number of hydrogen-bond donors (Lipinski definition) is 1. The van der Waals surface area contributed by atoms with Crippen LogP contribution in [0.15, 0.2) is 36.9 Å². The Kier molecular flexibility index (Phi) is 3.88. The molecule has 0 spiro atoms. The maximum absolute atomic E-state index is 11.0. The van der Waals surface area contributed by atoms with Crippen LogP contribution in [0.25, 0.3) is 0 Å². The molecular weight excluding hydrogens is 178 g/mol. The van der Waals surface area contributed by atoms with E-state index in [2.05, 4.69) is 11.9 Å². The van der Waals surface area contributed by atoms with Crippen LogP contribution < -0.4 is 10.1 Å². The number of benzene rings is 1. The molecule has 1 N–H and O–H groups in total. The molecule has 74 valence electrons. The first-order valence-corrected chi connectivity index (χ1v) is 4.34. The van der Waals surface area contributed by atoms with Gasteiger partial charge in [-0.3, -0.25) is 0 Å². The summed E-state index contributed by atoms with van der Waals surface area (Å²) in [6.07, 6.45) is 1.15. The molecule has 0 aromatic heterocycles. The molecule has 0 fully saturated rings. The largest absolute Gasteiger partial charge is 0.423 e. The average molecular weight is 191 g/mol. The third-order valence-corrected chi connectivity index (χ3v) is 1.72. The Labute approximate surface area is 83.4 Å². The minimum atomic E-state index is -0.437. The van der Waals surface area contributed by atoms with Gasteiger partial charge in [-0.25, -0.2) is 4.79 Å². The molecule has 3 nitrogen and oxygen atoms in total. The zero-order chi connectivity index (χ0) is 10.4. The van der Waals surface area contributed by atoms with Crippen LogP contribution in [0.5, 0.6) is 5.75 Å². The number of rotatable bonds is 4. The Morgan fingerprint density at radius 1 is 1.57 bits per heavy atom. The lowest BCUT2D eigenvalue weighted by Gasteiger charge is -2.07. The molecule has 1 aromatic rings. The van der Waals surface area contributed by atoms with Crippen LogP contribution in [0.2, 0.25) is 0 Å². The summed E-state index contributed by atoms with van der Waals surface area (Å²) in [6, 6.07) is 7.39. The first-order chi connectivity index (χ1) is 6.77. The fourth-order valence-electron chi connectivity index (χ4n) is 1.09. The maximum atomic E-state index is 11.0. The Balaban J connectivity index is 2.83. The van der Waals surface area contributed by atoms with Crippen molar-refractivity contribution in [2.75, 3.05) is 7.05 Å². The van der Waals surface area contributed by atoms with Crippen molar-refractivity contribution < 1.29 is 9.53 Å². The van der Waals surface area contributed by atoms with Crippen molar-refractivity contribution >= 4 is 5.97 Å². The Hall–Kier alpha value is -1.61. The van der Waals surface area contributed by atoms with Gasteiger partial charge >= 0.3 is 5.97 Å². The van der Waals surface area contributed by atoms with Crippen molar-refractivity contribution in [2.45, 2.75) is 6.54 Å². The van der Waals surface area contributed by atoms with Crippen molar-refractivity contribution in [3.63, 3.8) is 0 Å². The highest BCUT2D eigenvalue weighted by molar-refractivity contribution is 5.83. The summed E-state index contributed by atoms with van der Waals surface area (Å²) < 4.78 is 5.05. The van der Waals surface area contributed by atoms with Crippen LogP contribution in [0.3, 0.4) is 0 Å². The quantitative estimate of drug-likeness (QED) is 0.445. The molecule has 0 saturated carbocycles. The summed E-state index contributed by atoms with van der Waals surface area (Å²) in [5.41, 5.74) is 0.949. The van der Waals surface area contributed by atoms with Crippen LogP contribution in [-0.4, -0.2) is 13.0 Å². The number of nitrogens with one attached hydrogen (secondary N) is 1. The molecule has 0 aliphatic carbocycles. The van der Waals surface area contributed by atoms with Crippen molar-refractivity contribution in [1.82, 2.24) is 5.32 Å². The fourth-order valence-corrected chi connectivity index (χ4v) is 1.09. The number of esters is 1. The highest BCUT2D eigenvalue weighted by Crippen LogP contribution is 2.17. The van der Waals surface area contributed by atoms with Gasteiger partial charge in [-0.05, 0) is 13.1 Å². The van der Waals surface area contributed by atoms with Gasteiger partial charge in [0, 0.05) is 18.2 Å². The molecule has 3 heteroatoms. The van der Waals surface area contributed by atoms with Gasteiger partial charge in [0.2, 0.25) is 0 Å². The van der Waals surface area contributed by atoms with Gasteiger partial charge in [-0.15, -0.1) is 0 Å². The monoisotopic (exact) mass is 191 g/mol. The van der Waals surface area contributed by atoms with E-state index in [1.54, 1.807) is 6.07 Å². The number of para-hydroxylation sites is 1. The van der Waals surface area contributed by atoms with Gasteiger partial charge in [0.05, 0.1) is 0 Å². The topological polar surface area (TPSA) is 38.3 Å². The lowest BCUT2D eigenvalue weighted by atomic mass is 10.2. The standard InChI is InChI=1S/C11H13NO2/c1-3-11(13)14-10-7-5-4-6-9(10)8-12-2/h3-7,12H,1,8H2,2H3. The molecule has 0 aliphatic heterocycles. The Morgan fingerprint density at radius 2 is 2.29 bits per heavy atom. The number of ether oxygens (including phenoxy) is 1. The number of carbonyl (C=O) groups excluding carboxylic acids is 1.